The molecule has 0 amide bonds. The molecule has 0 aliphatic carbocycles. The molecule has 2 N–H and O–H groups in total. The second-order valence-electron chi connectivity index (χ2n) is 5.86. The second-order valence-corrected chi connectivity index (χ2v) is 6.77. The van der Waals surface area contributed by atoms with Crippen molar-refractivity contribution in [3.8, 4) is 0 Å². The van der Waals surface area contributed by atoms with Gasteiger partial charge in [-0.2, -0.15) is 0 Å². The van der Waals surface area contributed by atoms with Gasteiger partial charge in [0.05, 0.1) is 6.10 Å². The van der Waals surface area contributed by atoms with Crippen molar-refractivity contribution >= 4 is 21.6 Å². The molecule has 20 heavy (non-hydrogen) atoms. The highest BCUT2D eigenvalue weighted by Crippen LogP contribution is 2.24. The van der Waals surface area contributed by atoms with Gasteiger partial charge in [0, 0.05) is 30.3 Å². The Labute approximate surface area is 131 Å². The maximum Gasteiger partial charge on any atom is 0.0528 e. The highest BCUT2D eigenvalue weighted by Gasteiger charge is 2.09. The van der Waals surface area contributed by atoms with Crippen molar-refractivity contribution < 1.29 is 5.11 Å². The van der Waals surface area contributed by atoms with Gasteiger partial charge in [0.15, 0.2) is 0 Å². The van der Waals surface area contributed by atoms with E-state index in [-0.39, 0.29) is 6.10 Å². The first kappa shape index (κ1) is 17.5. The molecule has 0 saturated carbocycles. The number of aliphatic hydroxyl groups excluding tert-OH is 1. The first-order valence-corrected chi connectivity index (χ1v) is 8.07. The molecule has 1 aromatic rings. The van der Waals surface area contributed by atoms with E-state index >= 15 is 0 Å². The fourth-order valence-electron chi connectivity index (χ4n) is 2.04. The molecule has 1 rings (SSSR count). The Hall–Kier alpha value is -0.580. The van der Waals surface area contributed by atoms with E-state index in [1.807, 2.05) is 6.92 Å². The summed E-state index contributed by atoms with van der Waals surface area (Å²) in [6.45, 7) is 9.01. The maximum atomic E-state index is 9.43. The quantitative estimate of drug-likeness (QED) is 0.759. The molecule has 1 atom stereocenters. The van der Waals surface area contributed by atoms with Gasteiger partial charge < -0.3 is 15.3 Å². The minimum absolute atomic E-state index is 0.257. The predicted molar refractivity (Wildman–Crippen MR) is 90.3 cm³/mol. The number of rotatable bonds is 8. The Bertz CT molecular complexity index is 407. The summed E-state index contributed by atoms with van der Waals surface area (Å²) in [5.41, 5.74) is 2.51. The highest BCUT2D eigenvalue weighted by atomic mass is 79.9. The largest absolute Gasteiger partial charge is 0.393 e. The molecule has 0 heterocycles. The van der Waals surface area contributed by atoms with Crippen LogP contribution < -0.4 is 10.2 Å². The van der Waals surface area contributed by atoms with Crippen molar-refractivity contribution in [2.24, 2.45) is 5.92 Å². The predicted octanol–water partition coefficient (Wildman–Crippen LogP) is 3.40. The van der Waals surface area contributed by atoms with Crippen LogP contribution in [0, 0.1) is 5.92 Å². The lowest BCUT2D eigenvalue weighted by molar-refractivity contribution is 0.187. The fourth-order valence-corrected chi connectivity index (χ4v) is 2.39. The number of anilines is 1. The smallest absolute Gasteiger partial charge is 0.0528 e. The normalized spacial score (nSPS) is 12.8. The minimum atomic E-state index is -0.257. The molecular weight excluding hydrogens is 316 g/mol. The molecule has 1 unspecified atom stereocenters. The van der Waals surface area contributed by atoms with Crippen molar-refractivity contribution in [2.75, 3.05) is 25.0 Å². The first-order chi connectivity index (χ1) is 9.40. The van der Waals surface area contributed by atoms with Crippen molar-refractivity contribution in [3.05, 3.63) is 28.2 Å². The van der Waals surface area contributed by atoms with Gasteiger partial charge in [0.25, 0.3) is 0 Å². The molecule has 0 aromatic heterocycles. The highest BCUT2D eigenvalue weighted by molar-refractivity contribution is 9.10. The Morgan fingerprint density at radius 3 is 2.60 bits per heavy atom. The van der Waals surface area contributed by atoms with Gasteiger partial charge in [0.1, 0.15) is 0 Å². The Balaban J connectivity index is 2.73. The molecule has 0 radical (unpaired) electrons. The van der Waals surface area contributed by atoms with Gasteiger partial charge in [-0.1, -0.05) is 35.8 Å². The summed E-state index contributed by atoms with van der Waals surface area (Å²) >= 11 is 3.54. The van der Waals surface area contributed by atoms with Crippen LogP contribution in [0.2, 0.25) is 0 Å². The van der Waals surface area contributed by atoms with E-state index in [1.165, 1.54) is 11.3 Å². The van der Waals surface area contributed by atoms with Crippen molar-refractivity contribution in [3.63, 3.8) is 0 Å². The van der Waals surface area contributed by atoms with Crippen LogP contribution in [-0.4, -0.2) is 31.3 Å². The molecule has 4 heteroatoms. The maximum absolute atomic E-state index is 9.43. The lowest BCUT2D eigenvalue weighted by Gasteiger charge is -2.24. The Morgan fingerprint density at radius 1 is 1.30 bits per heavy atom. The van der Waals surface area contributed by atoms with Gasteiger partial charge in [0.2, 0.25) is 0 Å². The molecule has 0 saturated heterocycles. The monoisotopic (exact) mass is 342 g/mol. The Morgan fingerprint density at radius 2 is 2.00 bits per heavy atom. The topological polar surface area (TPSA) is 35.5 Å². The zero-order valence-corrected chi connectivity index (χ0v) is 14.6. The van der Waals surface area contributed by atoms with Crippen LogP contribution in [0.4, 0.5) is 5.69 Å². The fraction of sp³-hybridized carbons (Fsp3) is 0.625. The van der Waals surface area contributed by atoms with Gasteiger partial charge in [-0.25, -0.2) is 0 Å². The standard InChI is InChI=1S/C16H27BrN2O/c1-12(2)10-18-11-14-5-6-15(17)9-16(14)19(4)8-7-13(3)20/h5-6,9,12-13,18,20H,7-8,10-11H2,1-4H3. The molecular formula is C16H27BrN2O. The SMILES string of the molecule is CC(C)CNCc1ccc(Br)cc1N(C)CCC(C)O. The summed E-state index contributed by atoms with van der Waals surface area (Å²) in [6, 6.07) is 6.39. The van der Waals surface area contributed by atoms with E-state index in [4.69, 9.17) is 0 Å². The van der Waals surface area contributed by atoms with Crippen LogP contribution >= 0.6 is 15.9 Å². The number of halogens is 1. The van der Waals surface area contributed by atoms with Crippen LogP contribution in [-0.2, 0) is 6.54 Å². The van der Waals surface area contributed by atoms with Crippen molar-refractivity contribution in [1.82, 2.24) is 5.32 Å². The minimum Gasteiger partial charge on any atom is -0.393 e. The van der Waals surface area contributed by atoms with Gasteiger partial charge >= 0.3 is 0 Å². The third kappa shape index (κ3) is 6.25. The number of nitrogens with zero attached hydrogens (tertiary/aromatic N) is 1. The number of nitrogens with one attached hydrogen (secondary N) is 1. The molecule has 0 fully saturated rings. The first-order valence-electron chi connectivity index (χ1n) is 7.28. The lowest BCUT2D eigenvalue weighted by Crippen LogP contribution is -2.25. The van der Waals surface area contributed by atoms with Crippen LogP contribution in [0.3, 0.4) is 0 Å². The summed E-state index contributed by atoms with van der Waals surface area (Å²) in [4.78, 5) is 2.21. The molecule has 0 spiro atoms. The number of aliphatic hydroxyl groups is 1. The molecule has 0 aliphatic rings. The van der Waals surface area contributed by atoms with Gasteiger partial charge in [-0.05, 0) is 43.5 Å². The summed E-state index contributed by atoms with van der Waals surface area (Å²) < 4.78 is 1.09. The van der Waals surface area contributed by atoms with Crippen molar-refractivity contribution in [2.45, 2.75) is 39.8 Å². The van der Waals surface area contributed by atoms with Gasteiger partial charge in [-0.3, -0.25) is 0 Å². The van der Waals surface area contributed by atoms with E-state index in [2.05, 4.69) is 65.2 Å². The molecule has 0 aliphatic heterocycles. The number of hydrogen-bond donors (Lipinski definition) is 2. The molecule has 0 bridgehead atoms. The molecule has 1 aromatic carbocycles. The summed E-state index contributed by atoms with van der Waals surface area (Å²) in [7, 11) is 2.08. The van der Waals surface area contributed by atoms with E-state index in [0.717, 1.165) is 30.5 Å². The third-order valence-electron chi connectivity index (χ3n) is 3.21. The van der Waals surface area contributed by atoms with E-state index in [0.29, 0.717) is 5.92 Å². The van der Waals surface area contributed by atoms with E-state index in [9.17, 15) is 5.11 Å². The lowest BCUT2D eigenvalue weighted by atomic mass is 10.1. The van der Waals surface area contributed by atoms with E-state index < -0.39 is 0 Å². The van der Waals surface area contributed by atoms with Crippen LogP contribution in [0.5, 0.6) is 0 Å². The average molecular weight is 343 g/mol. The Kier molecular flexibility index (Phi) is 7.56. The summed E-state index contributed by atoms with van der Waals surface area (Å²) in [6.07, 6.45) is 0.522. The van der Waals surface area contributed by atoms with Crippen LogP contribution in [0.15, 0.2) is 22.7 Å². The second kappa shape index (κ2) is 8.65. The molecule has 3 nitrogen and oxygen atoms in total. The number of hydrogen-bond acceptors (Lipinski definition) is 3. The molecule has 114 valence electrons. The zero-order chi connectivity index (χ0) is 15.1. The van der Waals surface area contributed by atoms with Crippen molar-refractivity contribution in [1.29, 1.82) is 0 Å². The summed E-state index contributed by atoms with van der Waals surface area (Å²) in [5, 5.41) is 12.9. The van der Waals surface area contributed by atoms with E-state index in [1.54, 1.807) is 0 Å². The zero-order valence-electron chi connectivity index (χ0n) is 13.0. The van der Waals surface area contributed by atoms with Gasteiger partial charge in [-0.15, -0.1) is 0 Å². The average Bonchev–Trinajstić information content (AvgIpc) is 2.37. The van der Waals surface area contributed by atoms with Crippen LogP contribution in [0.25, 0.3) is 0 Å². The number of benzene rings is 1. The summed E-state index contributed by atoms with van der Waals surface area (Å²) in [5.74, 6) is 0.655. The van der Waals surface area contributed by atoms with Crippen LogP contribution in [0.1, 0.15) is 32.8 Å². The third-order valence-corrected chi connectivity index (χ3v) is 3.70.